The summed E-state index contributed by atoms with van der Waals surface area (Å²) in [5, 5.41) is 12.7. The lowest BCUT2D eigenvalue weighted by molar-refractivity contribution is 0.0556. The van der Waals surface area contributed by atoms with Gasteiger partial charge in [0.2, 0.25) is 5.75 Å². The van der Waals surface area contributed by atoms with Crippen molar-refractivity contribution in [2.75, 3.05) is 47.5 Å². The highest BCUT2D eigenvalue weighted by molar-refractivity contribution is 5.91. The maximum Gasteiger partial charge on any atom is 0.289 e. The van der Waals surface area contributed by atoms with E-state index in [1.165, 1.54) is 6.26 Å². The fourth-order valence-corrected chi connectivity index (χ4v) is 4.36. The average molecular weight is 485 g/mol. The van der Waals surface area contributed by atoms with Crippen molar-refractivity contribution in [2.24, 2.45) is 0 Å². The number of methoxy groups -OCH3 is 3. The largest absolute Gasteiger partial charge is 0.493 e. The van der Waals surface area contributed by atoms with Crippen molar-refractivity contribution in [3.63, 3.8) is 0 Å². The van der Waals surface area contributed by atoms with Crippen LogP contribution in [0.5, 0.6) is 17.2 Å². The van der Waals surface area contributed by atoms with E-state index >= 15 is 0 Å². The summed E-state index contributed by atoms with van der Waals surface area (Å²) in [5.41, 5.74) is 0.556. The van der Waals surface area contributed by atoms with Crippen LogP contribution in [0.3, 0.4) is 0 Å². The van der Waals surface area contributed by atoms with Crippen LogP contribution >= 0.6 is 0 Å². The number of benzene rings is 1. The van der Waals surface area contributed by atoms with Crippen molar-refractivity contribution in [3.8, 4) is 17.2 Å². The molecule has 1 fully saturated rings. The molecule has 3 aromatic rings. The van der Waals surface area contributed by atoms with Crippen LogP contribution < -0.4 is 14.2 Å². The zero-order valence-corrected chi connectivity index (χ0v) is 21.0. The number of hydrogen-bond donors (Lipinski definition) is 0. The Kier molecular flexibility index (Phi) is 6.97. The second kappa shape index (κ2) is 9.95. The number of carbonyl (C=O) groups excluding carboxylic acids is 1. The molecule has 35 heavy (non-hydrogen) atoms. The first-order chi connectivity index (χ1) is 16.8. The van der Waals surface area contributed by atoms with E-state index in [9.17, 15) is 4.79 Å². The third kappa shape index (κ3) is 4.81. The summed E-state index contributed by atoms with van der Waals surface area (Å²) >= 11 is 0. The number of tetrazole rings is 1. The maximum atomic E-state index is 12.8. The third-order valence-corrected chi connectivity index (χ3v) is 6.07. The van der Waals surface area contributed by atoms with Crippen molar-refractivity contribution in [2.45, 2.75) is 32.4 Å². The second-order valence-corrected chi connectivity index (χ2v) is 9.29. The first kappa shape index (κ1) is 24.5. The summed E-state index contributed by atoms with van der Waals surface area (Å²) in [6.07, 6.45) is 1.51. The zero-order valence-electron chi connectivity index (χ0n) is 21.0. The highest BCUT2D eigenvalue weighted by Crippen LogP contribution is 2.42. The minimum atomic E-state index is -0.338. The molecule has 0 radical (unpaired) electrons. The van der Waals surface area contributed by atoms with E-state index in [0.717, 1.165) is 5.56 Å². The highest BCUT2D eigenvalue weighted by atomic mass is 16.5. The van der Waals surface area contributed by atoms with Crippen LogP contribution in [0.2, 0.25) is 0 Å². The Morgan fingerprint density at radius 2 is 1.69 bits per heavy atom. The fourth-order valence-electron chi connectivity index (χ4n) is 4.36. The Morgan fingerprint density at radius 3 is 2.20 bits per heavy atom. The van der Waals surface area contributed by atoms with Crippen molar-refractivity contribution in [1.29, 1.82) is 0 Å². The van der Waals surface area contributed by atoms with E-state index in [0.29, 0.717) is 55.0 Å². The van der Waals surface area contributed by atoms with Crippen molar-refractivity contribution in [3.05, 3.63) is 47.7 Å². The monoisotopic (exact) mass is 484 g/mol. The van der Waals surface area contributed by atoms with Gasteiger partial charge in [0.25, 0.3) is 5.91 Å². The van der Waals surface area contributed by atoms with Gasteiger partial charge < -0.3 is 23.5 Å². The number of rotatable bonds is 7. The van der Waals surface area contributed by atoms with Gasteiger partial charge in [-0.15, -0.1) is 5.10 Å². The zero-order chi connectivity index (χ0) is 25.2. The molecule has 11 nitrogen and oxygen atoms in total. The summed E-state index contributed by atoms with van der Waals surface area (Å²) in [4.78, 5) is 16.9. The first-order valence-electron chi connectivity index (χ1n) is 11.4. The van der Waals surface area contributed by atoms with Gasteiger partial charge in [0, 0.05) is 26.2 Å². The molecule has 1 atom stereocenters. The van der Waals surface area contributed by atoms with Crippen molar-refractivity contribution >= 4 is 5.91 Å². The third-order valence-electron chi connectivity index (χ3n) is 6.07. The van der Waals surface area contributed by atoms with Gasteiger partial charge >= 0.3 is 0 Å². The molecule has 1 aliphatic heterocycles. The van der Waals surface area contributed by atoms with Crippen LogP contribution in [0.4, 0.5) is 0 Å². The summed E-state index contributed by atoms with van der Waals surface area (Å²) in [7, 11) is 4.76. The summed E-state index contributed by atoms with van der Waals surface area (Å²) in [6, 6.07) is 6.95. The molecular formula is C24H32N6O5. The molecule has 2 aromatic heterocycles. The molecule has 188 valence electrons. The van der Waals surface area contributed by atoms with E-state index in [1.807, 2.05) is 16.8 Å². The second-order valence-electron chi connectivity index (χ2n) is 9.29. The molecule has 0 bridgehead atoms. The minimum absolute atomic E-state index is 0.112. The topological polar surface area (TPSA) is 108 Å². The molecule has 0 saturated carbocycles. The first-order valence-corrected chi connectivity index (χ1v) is 11.4. The number of ether oxygens (including phenoxy) is 3. The molecule has 1 aliphatic rings. The standard InChI is InChI=1S/C24H32N6O5/c1-24(2,3)30-22(25-26-27-30)20(16-14-18(32-4)21(34-6)19(15-16)33-5)28-9-11-29(12-10-28)23(31)17-8-7-13-35-17/h7-8,13-15,20H,9-12H2,1-6H3. The number of amides is 1. The van der Waals surface area contributed by atoms with Gasteiger partial charge in [-0.05, 0) is 61.0 Å². The van der Waals surface area contributed by atoms with Gasteiger partial charge in [-0.3, -0.25) is 9.69 Å². The average Bonchev–Trinajstić information content (AvgIpc) is 3.56. The van der Waals surface area contributed by atoms with E-state index in [4.69, 9.17) is 18.6 Å². The normalized spacial score (nSPS) is 15.7. The number of furan rings is 1. The smallest absolute Gasteiger partial charge is 0.289 e. The maximum absolute atomic E-state index is 12.8. The van der Waals surface area contributed by atoms with Crippen LogP contribution in [-0.2, 0) is 5.54 Å². The molecule has 1 amide bonds. The summed E-state index contributed by atoms with van der Waals surface area (Å²) in [6.45, 7) is 8.47. The molecule has 0 aliphatic carbocycles. The molecule has 3 heterocycles. The molecule has 1 saturated heterocycles. The molecule has 11 heteroatoms. The van der Waals surface area contributed by atoms with Crippen LogP contribution in [0, 0.1) is 0 Å². The van der Waals surface area contributed by atoms with Crippen molar-refractivity contribution < 1.29 is 23.4 Å². The van der Waals surface area contributed by atoms with E-state index in [-0.39, 0.29) is 17.5 Å². The summed E-state index contributed by atoms with van der Waals surface area (Å²) in [5.74, 6) is 2.54. The molecule has 0 N–H and O–H groups in total. The Hall–Kier alpha value is -3.60. The predicted molar refractivity (Wildman–Crippen MR) is 127 cm³/mol. The molecule has 1 aromatic carbocycles. The lowest BCUT2D eigenvalue weighted by Gasteiger charge is -2.39. The van der Waals surface area contributed by atoms with Gasteiger partial charge in [-0.1, -0.05) is 0 Å². The molecule has 0 spiro atoms. The van der Waals surface area contributed by atoms with Gasteiger partial charge in [0.05, 0.1) is 39.2 Å². The Morgan fingerprint density at radius 1 is 1.03 bits per heavy atom. The van der Waals surface area contributed by atoms with Crippen LogP contribution in [-0.4, -0.2) is 83.4 Å². The van der Waals surface area contributed by atoms with Crippen molar-refractivity contribution in [1.82, 2.24) is 30.0 Å². The van der Waals surface area contributed by atoms with E-state index < -0.39 is 0 Å². The van der Waals surface area contributed by atoms with Gasteiger partial charge in [0.1, 0.15) is 0 Å². The molecular weight excluding hydrogens is 452 g/mol. The Balaban J connectivity index is 1.72. The highest BCUT2D eigenvalue weighted by Gasteiger charge is 2.35. The summed E-state index contributed by atoms with van der Waals surface area (Å²) < 4.78 is 23.9. The SMILES string of the molecule is COc1cc(C(c2nnnn2C(C)(C)C)N2CCN(C(=O)c3ccco3)CC2)cc(OC)c1OC. The lowest BCUT2D eigenvalue weighted by atomic mass is 10.00. The number of hydrogen-bond acceptors (Lipinski definition) is 9. The fraction of sp³-hybridized carbons (Fsp3) is 0.500. The Labute approximate surface area is 204 Å². The number of carbonyl (C=O) groups is 1. The Bertz CT molecular complexity index is 1120. The quantitative estimate of drug-likeness (QED) is 0.500. The van der Waals surface area contributed by atoms with E-state index in [2.05, 4.69) is 41.2 Å². The van der Waals surface area contributed by atoms with Crippen LogP contribution in [0.15, 0.2) is 34.9 Å². The lowest BCUT2D eigenvalue weighted by Crippen LogP contribution is -2.50. The number of aromatic nitrogens is 4. The number of nitrogens with zero attached hydrogens (tertiary/aromatic N) is 6. The van der Waals surface area contributed by atoms with E-state index in [1.54, 1.807) is 38.4 Å². The van der Waals surface area contributed by atoms with Crippen LogP contribution in [0.25, 0.3) is 0 Å². The molecule has 4 rings (SSSR count). The predicted octanol–water partition coefficient (Wildman–Crippen LogP) is 2.59. The minimum Gasteiger partial charge on any atom is -0.493 e. The van der Waals surface area contributed by atoms with Gasteiger partial charge in [-0.2, -0.15) is 0 Å². The molecule has 1 unspecified atom stereocenters. The number of piperazine rings is 1. The van der Waals surface area contributed by atoms with Gasteiger partial charge in [0.15, 0.2) is 23.1 Å². The van der Waals surface area contributed by atoms with Crippen LogP contribution in [0.1, 0.15) is 48.8 Å². The van der Waals surface area contributed by atoms with Gasteiger partial charge in [-0.25, -0.2) is 4.68 Å².